The van der Waals surface area contributed by atoms with Gasteiger partial charge in [0, 0.05) is 17.7 Å². The topological polar surface area (TPSA) is 107 Å². The summed E-state index contributed by atoms with van der Waals surface area (Å²) in [6, 6.07) is 6.20. The van der Waals surface area contributed by atoms with E-state index in [9.17, 15) is 25.2 Å². The number of phenols is 4. The fraction of sp³-hybridized carbons (Fsp3) is 0.133. The summed E-state index contributed by atoms with van der Waals surface area (Å²) in [6.45, 7) is 0. The molecule has 0 radical (unpaired) electrons. The second-order valence-corrected chi connectivity index (χ2v) is 4.81. The smallest absolute Gasteiger partial charge is 0.174 e. The van der Waals surface area contributed by atoms with E-state index in [0.717, 1.165) is 6.07 Å². The number of Topliss-reactive ketones (excluding diaryl/α,β-unsaturated/α-hetero) is 1. The van der Waals surface area contributed by atoms with Crippen LogP contribution in [0.15, 0.2) is 30.3 Å². The monoisotopic (exact) mass is 288 g/mol. The van der Waals surface area contributed by atoms with Crippen molar-refractivity contribution in [1.82, 2.24) is 0 Å². The number of phenolic OH excluding ortho intramolecular Hbond substituents is 4. The van der Waals surface area contributed by atoms with Crippen LogP contribution in [0.5, 0.6) is 28.7 Å². The van der Waals surface area contributed by atoms with Crippen LogP contribution >= 0.6 is 0 Å². The molecule has 21 heavy (non-hydrogen) atoms. The Morgan fingerprint density at radius 1 is 0.952 bits per heavy atom. The fourth-order valence-corrected chi connectivity index (χ4v) is 2.40. The average Bonchev–Trinajstić information content (AvgIpc) is 2.40. The molecular formula is C15H12O6. The van der Waals surface area contributed by atoms with Gasteiger partial charge in [0.05, 0.1) is 6.42 Å². The van der Waals surface area contributed by atoms with Crippen LogP contribution in [0.1, 0.15) is 28.4 Å². The van der Waals surface area contributed by atoms with E-state index in [-0.39, 0.29) is 52.1 Å². The molecule has 1 atom stereocenters. The lowest BCUT2D eigenvalue weighted by atomic mass is 9.95. The van der Waals surface area contributed by atoms with E-state index < -0.39 is 6.10 Å². The normalized spacial score (nSPS) is 17.1. The SMILES string of the molecule is O=C1C[C@@H](c2cc(O)ccc2O)Oc2cc(O)cc(O)c21. The first kappa shape index (κ1) is 13.1. The zero-order chi connectivity index (χ0) is 15.1. The molecule has 0 amide bonds. The Kier molecular flexibility index (Phi) is 2.86. The van der Waals surface area contributed by atoms with Crippen molar-refractivity contribution in [3.05, 3.63) is 41.5 Å². The first-order valence-corrected chi connectivity index (χ1v) is 6.23. The molecule has 3 rings (SSSR count). The summed E-state index contributed by atoms with van der Waals surface area (Å²) in [5.74, 6) is -1.10. The Bertz CT molecular complexity index is 737. The van der Waals surface area contributed by atoms with Gasteiger partial charge in [-0.2, -0.15) is 0 Å². The summed E-state index contributed by atoms with van der Waals surface area (Å²) >= 11 is 0. The molecule has 6 heteroatoms. The number of hydrogen-bond donors (Lipinski definition) is 4. The first-order chi connectivity index (χ1) is 9.95. The lowest BCUT2D eigenvalue weighted by Crippen LogP contribution is -2.20. The van der Waals surface area contributed by atoms with Gasteiger partial charge in [0.1, 0.15) is 40.4 Å². The number of carbonyl (C=O) groups excluding carboxylic acids is 1. The highest BCUT2D eigenvalue weighted by atomic mass is 16.5. The Hall–Kier alpha value is -2.89. The van der Waals surface area contributed by atoms with Gasteiger partial charge in [-0.25, -0.2) is 0 Å². The maximum atomic E-state index is 12.1. The standard InChI is InChI=1S/C15H12O6/c16-7-1-2-10(18)9(3-7)13-6-12(20)15-11(19)4-8(17)5-14(15)21-13/h1-5,13,16-19H,6H2/t13-/m0/s1. The molecule has 0 saturated heterocycles. The highest BCUT2D eigenvalue weighted by molar-refractivity contribution is 6.02. The number of fused-ring (bicyclic) bond motifs is 1. The average molecular weight is 288 g/mol. The number of aromatic hydroxyl groups is 4. The molecule has 0 aliphatic carbocycles. The van der Waals surface area contributed by atoms with E-state index >= 15 is 0 Å². The molecule has 0 spiro atoms. The van der Waals surface area contributed by atoms with E-state index in [1.54, 1.807) is 0 Å². The van der Waals surface area contributed by atoms with Gasteiger partial charge in [-0.3, -0.25) is 4.79 Å². The molecule has 0 aromatic heterocycles. The summed E-state index contributed by atoms with van der Waals surface area (Å²) < 4.78 is 5.57. The van der Waals surface area contributed by atoms with Gasteiger partial charge in [-0.1, -0.05) is 0 Å². The maximum Gasteiger partial charge on any atom is 0.174 e. The van der Waals surface area contributed by atoms with Crippen LogP contribution in [0, 0.1) is 0 Å². The minimum atomic E-state index is -0.807. The van der Waals surface area contributed by atoms with E-state index in [1.807, 2.05) is 0 Å². The molecule has 1 heterocycles. The van der Waals surface area contributed by atoms with Crippen molar-refractivity contribution in [2.24, 2.45) is 0 Å². The highest BCUT2D eigenvalue weighted by Gasteiger charge is 2.32. The van der Waals surface area contributed by atoms with Crippen LogP contribution in [0.3, 0.4) is 0 Å². The molecule has 1 aliphatic rings. The predicted molar refractivity (Wildman–Crippen MR) is 71.9 cm³/mol. The number of hydrogen-bond acceptors (Lipinski definition) is 6. The number of ether oxygens (including phenoxy) is 1. The second-order valence-electron chi connectivity index (χ2n) is 4.81. The van der Waals surface area contributed by atoms with Crippen molar-refractivity contribution >= 4 is 5.78 Å². The second kappa shape index (κ2) is 4.59. The molecule has 2 aromatic rings. The largest absolute Gasteiger partial charge is 0.508 e. The summed E-state index contributed by atoms with van der Waals surface area (Å²) in [5.41, 5.74) is 0.264. The minimum Gasteiger partial charge on any atom is -0.508 e. The number of ketones is 1. The summed E-state index contributed by atoms with van der Waals surface area (Å²) in [5, 5.41) is 38.5. The molecule has 0 bridgehead atoms. The van der Waals surface area contributed by atoms with Crippen molar-refractivity contribution in [2.75, 3.05) is 0 Å². The Morgan fingerprint density at radius 3 is 2.48 bits per heavy atom. The first-order valence-electron chi connectivity index (χ1n) is 6.23. The summed E-state index contributed by atoms with van der Waals surface area (Å²) in [4.78, 5) is 12.1. The van der Waals surface area contributed by atoms with Crippen LogP contribution in [0.25, 0.3) is 0 Å². The van der Waals surface area contributed by atoms with Crippen LogP contribution in [-0.2, 0) is 0 Å². The molecule has 1 aliphatic heterocycles. The predicted octanol–water partition coefficient (Wildman–Crippen LogP) is 2.22. The third kappa shape index (κ3) is 2.20. The molecule has 4 N–H and O–H groups in total. The Morgan fingerprint density at radius 2 is 1.71 bits per heavy atom. The van der Waals surface area contributed by atoms with Crippen molar-refractivity contribution in [2.45, 2.75) is 12.5 Å². The van der Waals surface area contributed by atoms with E-state index in [2.05, 4.69) is 0 Å². The third-order valence-corrected chi connectivity index (χ3v) is 3.34. The highest BCUT2D eigenvalue weighted by Crippen LogP contribution is 2.43. The van der Waals surface area contributed by atoms with E-state index in [0.29, 0.717) is 0 Å². The van der Waals surface area contributed by atoms with Crippen molar-refractivity contribution < 1.29 is 30.0 Å². The van der Waals surface area contributed by atoms with Gasteiger partial charge in [0.25, 0.3) is 0 Å². The van der Waals surface area contributed by atoms with Gasteiger partial charge in [-0.05, 0) is 18.2 Å². The molecule has 6 nitrogen and oxygen atoms in total. The number of benzene rings is 2. The lowest BCUT2D eigenvalue weighted by Gasteiger charge is -2.26. The number of rotatable bonds is 1. The minimum absolute atomic E-state index is 0.00342. The van der Waals surface area contributed by atoms with Gasteiger partial charge < -0.3 is 25.2 Å². The molecule has 0 fully saturated rings. The molecule has 108 valence electrons. The number of carbonyl (C=O) groups is 1. The van der Waals surface area contributed by atoms with Gasteiger partial charge in [0.2, 0.25) is 0 Å². The van der Waals surface area contributed by atoms with Crippen molar-refractivity contribution in [3.63, 3.8) is 0 Å². The van der Waals surface area contributed by atoms with E-state index in [4.69, 9.17) is 4.74 Å². The molecule has 0 saturated carbocycles. The Labute approximate surface area is 119 Å². The van der Waals surface area contributed by atoms with Crippen LogP contribution in [0.4, 0.5) is 0 Å². The molecular weight excluding hydrogens is 276 g/mol. The molecule has 0 unspecified atom stereocenters. The summed E-state index contributed by atoms with van der Waals surface area (Å²) in [6.07, 6.45) is -0.902. The third-order valence-electron chi connectivity index (χ3n) is 3.34. The lowest BCUT2D eigenvalue weighted by molar-refractivity contribution is 0.0841. The van der Waals surface area contributed by atoms with Crippen molar-refractivity contribution in [3.8, 4) is 28.7 Å². The Balaban J connectivity index is 2.06. The quantitative estimate of drug-likeness (QED) is 0.599. The zero-order valence-electron chi connectivity index (χ0n) is 10.8. The van der Waals surface area contributed by atoms with Gasteiger partial charge >= 0.3 is 0 Å². The zero-order valence-corrected chi connectivity index (χ0v) is 10.8. The summed E-state index contributed by atoms with van der Waals surface area (Å²) in [7, 11) is 0. The van der Waals surface area contributed by atoms with Crippen LogP contribution in [-0.4, -0.2) is 26.2 Å². The van der Waals surface area contributed by atoms with Crippen LogP contribution in [0.2, 0.25) is 0 Å². The van der Waals surface area contributed by atoms with Crippen molar-refractivity contribution in [1.29, 1.82) is 0 Å². The van der Waals surface area contributed by atoms with Gasteiger partial charge in [0.15, 0.2) is 5.78 Å². The fourth-order valence-electron chi connectivity index (χ4n) is 2.40. The maximum absolute atomic E-state index is 12.1. The molecule has 2 aromatic carbocycles. The van der Waals surface area contributed by atoms with Gasteiger partial charge in [-0.15, -0.1) is 0 Å². The van der Waals surface area contributed by atoms with Crippen LogP contribution < -0.4 is 4.74 Å². The van der Waals surface area contributed by atoms with E-state index in [1.165, 1.54) is 24.3 Å².